The molecule has 0 saturated heterocycles. The quantitative estimate of drug-likeness (QED) is 0.510. The highest BCUT2D eigenvalue weighted by molar-refractivity contribution is 7.19. The second kappa shape index (κ2) is 4.75. The molecule has 5 aromatic rings. The normalized spacial score (nSPS) is 11.7. The Hall–Kier alpha value is -3.00. The van der Waals surface area contributed by atoms with Crippen LogP contribution in [0.2, 0.25) is 0 Å². The molecule has 0 radical (unpaired) electrons. The minimum Gasteiger partial charge on any atom is -0.462 e. The van der Waals surface area contributed by atoms with Crippen LogP contribution in [0.1, 0.15) is 5.82 Å². The Morgan fingerprint density at radius 2 is 2.04 bits per heavy atom. The number of hydrogen-bond donors (Lipinski definition) is 0. The van der Waals surface area contributed by atoms with Crippen molar-refractivity contribution in [2.45, 2.75) is 6.54 Å². The molecule has 0 bridgehead atoms. The minimum atomic E-state index is 0.559. The number of hydrogen-bond acceptors (Lipinski definition) is 6. The lowest BCUT2D eigenvalue weighted by Crippen LogP contribution is -2.04. The average molecular weight is 322 g/mol. The third kappa shape index (κ3) is 1.95. The van der Waals surface area contributed by atoms with Gasteiger partial charge in [0.1, 0.15) is 0 Å². The van der Waals surface area contributed by atoms with Gasteiger partial charge in [0.2, 0.25) is 4.96 Å². The highest BCUT2D eigenvalue weighted by Gasteiger charge is 2.15. The minimum absolute atomic E-state index is 0.559. The Balaban J connectivity index is 1.58. The standard InChI is InChI=1S/C15H10N6OS/c1-2-5-11-10(4-1)16-9-20(11)8-13-17-18-15-21(13)19-14(23-15)12-6-3-7-22-12/h1-7,9H,8H2. The van der Waals surface area contributed by atoms with Crippen molar-refractivity contribution in [1.82, 2.24) is 29.4 Å². The summed E-state index contributed by atoms with van der Waals surface area (Å²) in [4.78, 5) is 5.14. The van der Waals surface area contributed by atoms with Crippen LogP contribution < -0.4 is 0 Å². The van der Waals surface area contributed by atoms with Crippen molar-refractivity contribution in [3.05, 3.63) is 54.8 Å². The van der Waals surface area contributed by atoms with E-state index < -0.39 is 0 Å². The lowest BCUT2D eigenvalue weighted by molar-refractivity contribution is 0.580. The first-order chi connectivity index (χ1) is 11.4. The van der Waals surface area contributed by atoms with Crippen LogP contribution in [0.3, 0.4) is 0 Å². The van der Waals surface area contributed by atoms with E-state index in [1.807, 2.05) is 47.3 Å². The molecule has 8 heteroatoms. The monoisotopic (exact) mass is 322 g/mol. The van der Waals surface area contributed by atoms with E-state index in [9.17, 15) is 0 Å². The molecule has 0 saturated carbocycles. The largest absolute Gasteiger partial charge is 0.462 e. The molecule has 112 valence electrons. The number of benzene rings is 1. The maximum Gasteiger partial charge on any atom is 0.235 e. The topological polar surface area (TPSA) is 74.0 Å². The van der Waals surface area contributed by atoms with Crippen molar-refractivity contribution in [3.8, 4) is 10.8 Å². The number of aromatic nitrogens is 6. The molecule has 23 heavy (non-hydrogen) atoms. The summed E-state index contributed by atoms with van der Waals surface area (Å²) in [7, 11) is 0. The fourth-order valence-corrected chi connectivity index (χ4v) is 3.37. The van der Waals surface area contributed by atoms with Gasteiger partial charge in [0.25, 0.3) is 0 Å². The molecule has 0 atom stereocenters. The molecule has 7 nitrogen and oxygen atoms in total. The summed E-state index contributed by atoms with van der Waals surface area (Å²) in [5.74, 6) is 1.50. The van der Waals surface area contributed by atoms with Crippen molar-refractivity contribution in [2.24, 2.45) is 0 Å². The van der Waals surface area contributed by atoms with Gasteiger partial charge in [0, 0.05) is 0 Å². The third-order valence-corrected chi connectivity index (χ3v) is 4.54. The zero-order valence-corrected chi connectivity index (χ0v) is 12.6. The number of para-hydroxylation sites is 2. The summed E-state index contributed by atoms with van der Waals surface area (Å²) in [6, 6.07) is 11.7. The lowest BCUT2D eigenvalue weighted by atomic mass is 10.3. The summed E-state index contributed by atoms with van der Waals surface area (Å²) < 4.78 is 9.19. The fourth-order valence-electron chi connectivity index (χ4n) is 2.54. The Bertz CT molecular complexity index is 1100. The van der Waals surface area contributed by atoms with Gasteiger partial charge in [0.15, 0.2) is 16.6 Å². The van der Waals surface area contributed by atoms with Crippen LogP contribution in [0, 0.1) is 0 Å². The molecule has 0 unspecified atom stereocenters. The van der Waals surface area contributed by atoms with Gasteiger partial charge in [-0.25, -0.2) is 4.98 Å². The van der Waals surface area contributed by atoms with Crippen molar-refractivity contribution >= 4 is 27.3 Å². The molecule has 0 aliphatic carbocycles. The van der Waals surface area contributed by atoms with Gasteiger partial charge in [-0.3, -0.25) is 0 Å². The predicted molar refractivity (Wildman–Crippen MR) is 85.2 cm³/mol. The summed E-state index contributed by atoms with van der Waals surface area (Å²) in [5, 5.41) is 13.8. The Labute approximate surface area is 133 Å². The highest BCUT2D eigenvalue weighted by atomic mass is 32.1. The van der Waals surface area contributed by atoms with Crippen molar-refractivity contribution in [2.75, 3.05) is 0 Å². The SMILES string of the molecule is c1coc(-c2nn3c(Cn4cnc5ccccc54)nnc3s2)c1. The van der Waals surface area contributed by atoms with Crippen LogP contribution in [-0.4, -0.2) is 29.4 Å². The van der Waals surface area contributed by atoms with E-state index in [2.05, 4.69) is 20.3 Å². The number of nitrogens with zero attached hydrogens (tertiary/aromatic N) is 6. The van der Waals surface area contributed by atoms with E-state index in [1.54, 1.807) is 10.8 Å². The van der Waals surface area contributed by atoms with Crippen molar-refractivity contribution < 1.29 is 4.42 Å². The molecular formula is C15H10N6OS. The third-order valence-electron chi connectivity index (χ3n) is 3.63. The smallest absolute Gasteiger partial charge is 0.235 e. The molecule has 1 aromatic carbocycles. The second-order valence-corrected chi connectivity index (χ2v) is 6.01. The van der Waals surface area contributed by atoms with Crippen LogP contribution in [0.4, 0.5) is 0 Å². The van der Waals surface area contributed by atoms with E-state index in [1.165, 1.54) is 11.3 Å². The maximum absolute atomic E-state index is 5.39. The molecule has 0 aliphatic rings. The predicted octanol–water partition coefficient (Wildman–Crippen LogP) is 2.84. The Morgan fingerprint density at radius 1 is 1.09 bits per heavy atom. The van der Waals surface area contributed by atoms with E-state index in [-0.39, 0.29) is 0 Å². The lowest BCUT2D eigenvalue weighted by Gasteiger charge is -2.01. The molecule has 0 spiro atoms. The van der Waals surface area contributed by atoms with E-state index in [4.69, 9.17) is 4.42 Å². The summed E-state index contributed by atoms with van der Waals surface area (Å²) in [6.45, 7) is 0.559. The van der Waals surface area contributed by atoms with Gasteiger partial charge >= 0.3 is 0 Å². The molecule has 4 aromatic heterocycles. The summed E-state index contributed by atoms with van der Waals surface area (Å²) >= 11 is 1.45. The number of furan rings is 1. The van der Waals surface area contributed by atoms with Crippen LogP contribution in [-0.2, 0) is 6.54 Å². The highest BCUT2D eigenvalue weighted by Crippen LogP contribution is 2.26. The van der Waals surface area contributed by atoms with Crippen molar-refractivity contribution in [1.29, 1.82) is 0 Å². The molecule has 0 amide bonds. The van der Waals surface area contributed by atoms with Gasteiger partial charge in [0.05, 0.1) is 30.2 Å². The molecule has 0 aliphatic heterocycles. The summed E-state index contributed by atoms with van der Waals surface area (Å²) in [6.07, 6.45) is 3.45. The first-order valence-electron chi connectivity index (χ1n) is 7.03. The average Bonchev–Trinajstić information content (AvgIpc) is 3.32. The second-order valence-electron chi connectivity index (χ2n) is 5.06. The van der Waals surface area contributed by atoms with E-state index in [0.29, 0.717) is 6.54 Å². The first-order valence-corrected chi connectivity index (χ1v) is 7.85. The zero-order valence-electron chi connectivity index (χ0n) is 11.8. The Kier molecular flexibility index (Phi) is 2.59. The number of fused-ring (bicyclic) bond motifs is 2. The summed E-state index contributed by atoms with van der Waals surface area (Å²) in [5.41, 5.74) is 2.02. The van der Waals surface area contributed by atoms with Crippen LogP contribution >= 0.6 is 11.3 Å². The van der Waals surface area contributed by atoms with E-state index in [0.717, 1.165) is 32.6 Å². The van der Waals surface area contributed by atoms with Crippen LogP contribution in [0.15, 0.2) is 53.4 Å². The van der Waals surface area contributed by atoms with Crippen molar-refractivity contribution in [3.63, 3.8) is 0 Å². The van der Waals surface area contributed by atoms with E-state index >= 15 is 0 Å². The number of rotatable bonds is 3. The fraction of sp³-hybridized carbons (Fsp3) is 0.0667. The maximum atomic E-state index is 5.39. The molecule has 5 rings (SSSR count). The van der Waals surface area contributed by atoms with Crippen LogP contribution in [0.5, 0.6) is 0 Å². The molecule has 0 N–H and O–H groups in total. The van der Waals surface area contributed by atoms with Gasteiger partial charge in [-0.05, 0) is 24.3 Å². The van der Waals surface area contributed by atoms with Gasteiger partial charge in [-0.15, -0.1) is 15.3 Å². The molecule has 0 fully saturated rings. The van der Waals surface area contributed by atoms with Crippen LogP contribution in [0.25, 0.3) is 26.8 Å². The van der Waals surface area contributed by atoms with Gasteiger partial charge in [-0.2, -0.15) is 4.52 Å². The first kappa shape index (κ1) is 12.5. The Morgan fingerprint density at radius 3 is 2.96 bits per heavy atom. The van der Waals surface area contributed by atoms with Gasteiger partial charge in [-0.1, -0.05) is 23.5 Å². The zero-order chi connectivity index (χ0) is 15.2. The molecular weight excluding hydrogens is 312 g/mol. The molecule has 4 heterocycles. The van der Waals surface area contributed by atoms with Gasteiger partial charge < -0.3 is 8.98 Å². The number of imidazole rings is 1.